The van der Waals surface area contributed by atoms with Crippen molar-refractivity contribution in [2.45, 2.75) is 58.3 Å². The van der Waals surface area contributed by atoms with Crippen LogP contribution in [-0.2, 0) is 6.42 Å². The van der Waals surface area contributed by atoms with E-state index in [0.29, 0.717) is 0 Å². The summed E-state index contributed by atoms with van der Waals surface area (Å²) in [5.41, 5.74) is 1.36. The predicted molar refractivity (Wildman–Crippen MR) is 83.8 cm³/mol. The smallest absolute Gasteiger partial charge is 0.122 e. The van der Waals surface area contributed by atoms with E-state index in [-0.39, 0.29) is 0 Å². The molecule has 1 aromatic carbocycles. The van der Waals surface area contributed by atoms with E-state index in [1.54, 1.807) is 0 Å². The van der Waals surface area contributed by atoms with Crippen LogP contribution in [0.2, 0.25) is 0 Å². The summed E-state index contributed by atoms with van der Waals surface area (Å²) in [6.07, 6.45) is 12.3. The molecular formula is C18H28O. The Morgan fingerprint density at radius 3 is 2.42 bits per heavy atom. The molecule has 0 amide bonds. The summed E-state index contributed by atoms with van der Waals surface area (Å²) in [6.45, 7) is 6.54. The van der Waals surface area contributed by atoms with Crippen molar-refractivity contribution in [2.75, 3.05) is 6.61 Å². The van der Waals surface area contributed by atoms with Crippen molar-refractivity contribution < 1.29 is 4.74 Å². The van der Waals surface area contributed by atoms with Crippen molar-refractivity contribution in [3.05, 3.63) is 42.5 Å². The largest absolute Gasteiger partial charge is 0.494 e. The molecule has 0 spiro atoms. The van der Waals surface area contributed by atoms with Gasteiger partial charge in [-0.3, -0.25) is 0 Å². The first-order valence-corrected chi connectivity index (χ1v) is 7.70. The third-order valence-corrected chi connectivity index (χ3v) is 3.38. The maximum absolute atomic E-state index is 5.65. The van der Waals surface area contributed by atoms with E-state index in [0.717, 1.165) is 18.8 Å². The third kappa shape index (κ3) is 7.05. The van der Waals surface area contributed by atoms with E-state index < -0.39 is 0 Å². The van der Waals surface area contributed by atoms with E-state index in [1.807, 2.05) is 19.1 Å². The van der Waals surface area contributed by atoms with Crippen LogP contribution in [0.15, 0.2) is 36.9 Å². The molecule has 0 bridgehead atoms. The van der Waals surface area contributed by atoms with Gasteiger partial charge in [-0.2, -0.15) is 0 Å². The van der Waals surface area contributed by atoms with Crippen LogP contribution < -0.4 is 4.74 Å². The van der Waals surface area contributed by atoms with Crippen molar-refractivity contribution in [1.29, 1.82) is 0 Å². The molecule has 1 nitrogen and oxygen atoms in total. The van der Waals surface area contributed by atoms with Crippen LogP contribution in [0.4, 0.5) is 0 Å². The van der Waals surface area contributed by atoms with Crippen LogP contribution in [0.3, 0.4) is 0 Å². The summed E-state index contributed by atoms with van der Waals surface area (Å²) in [5.74, 6) is 1.07. The van der Waals surface area contributed by atoms with E-state index in [1.165, 1.54) is 50.5 Å². The van der Waals surface area contributed by atoms with Gasteiger partial charge in [-0.05, 0) is 44.2 Å². The maximum Gasteiger partial charge on any atom is 0.122 e. The molecule has 0 saturated heterocycles. The van der Waals surface area contributed by atoms with Crippen molar-refractivity contribution in [1.82, 2.24) is 0 Å². The van der Waals surface area contributed by atoms with Crippen molar-refractivity contribution in [3.63, 3.8) is 0 Å². The highest BCUT2D eigenvalue weighted by Gasteiger charge is 2.01. The molecule has 0 unspecified atom stereocenters. The highest BCUT2D eigenvalue weighted by molar-refractivity contribution is 5.33. The second kappa shape index (κ2) is 10.7. The average Bonchev–Trinajstić information content (AvgIpc) is 2.44. The molecule has 106 valence electrons. The van der Waals surface area contributed by atoms with Crippen LogP contribution >= 0.6 is 0 Å². The highest BCUT2D eigenvalue weighted by Crippen LogP contribution is 2.20. The summed E-state index contributed by atoms with van der Waals surface area (Å²) < 4.78 is 5.65. The van der Waals surface area contributed by atoms with Gasteiger partial charge in [0.05, 0.1) is 6.61 Å². The molecule has 0 atom stereocenters. The Morgan fingerprint density at radius 2 is 1.68 bits per heavy atom. The van der Waals surface area contributed by atoms with E-state index >= 15 is 0 Å². The lowest BCUT2D eigenvalue weighted by Crippen LogP contribution is -1.96. The molecule has 1 aromatic rings. The normalized spacial score (nSPS) is 10.4. The first kappa shape index (κ1) is 15.8. The minimum absolute atomic E-state index is 0.750. The summed E-state index contributed by atoms with van der Waals surface area (Å²) >= 11 is 0. The van der Waals surface area contributed by atoms with Crippen LogP contribution in [0.25, 0.3) is 0 Å². The molecule has 0 saturated carbocycles. The van der Waals surface area contributed by atoms with Crippen molar-refractivity contribution in [3.8, 4) is 5.75 Å². The monoisotopic (exact) mass is 260 g/mol. The minimum atomic E-state index is 0.750. The Labute approximate surface area is 118 Å². The number of para-hydroxylation sites is 1. The molecule has 0 aliphatic heterocycles. The fourth-order valence-electron chi connectivity index (χ4n) is 2.32. The maximum atomic E-state index is 5.65. The first-order chi connectivity index (χ1) is 9.38. The zero-order valence-corrected chi connectivity index (χ0v) is 12.4. The van der Waals surface area contributed by atoms with Gasteiger partial charge in [-0.15, -0.1) is 6.58 Å². The molecule has 1 rings (SSSR count). The van der Waals surface area contributed by atoms with Crippen LogP contribution in [0.1, 0.15) is 57.4 Å². The predicted octanol–water partition coefficient (Wildman–Crippen LogP) is 5.54. The fraction of sp³-hybridized carbons (Fsp3) is 0.556. The average molecular weight is 260 g/mol. The SMILES string of the molecule is C=CCCCCCCCCc1ccccc1OCC. The molecule has 0 aliphatic rings. The van der Waals surface area contributed by atoms with Crippen LogP contribution in [0.5, 0.6) is 5.75 Å². The lowest BCUT2D eigenvalue weighted by Gasteiger charge is -2.09. The highest BCUT2D eigenvalue weighted by atomic mass is 16.5. The quantitative estimate of drug-likeness (QED) is 0.374. The number of ether oxygens (including phenoxy) is 1. The topological polar surface area (TPSA) is 9.23 Å². The van der Waals surface area contributed by atoms with Gasteiger partial charge in [0.2, 0.25) is 0 Å². The lowest BCUT2D eigenvalue weighted by atomic mass is 10.0. The number of benzene rings is 1. The van der Waals surface area contributed by atoms with E-state index in [4.69, 9.17) is 4.74 Å². The Bertz CT molecular complexity index is 343. The number of hydrogen-bond acceptors (Lipinski definition) is 1. The molecule has 1 heteroatoms. The number of allylic oxidation sites excluding steroid dienone is 1. The second-order valence-corrected chi connectivity index (χ2v) is 4.99. The molecular weight excluding hydrogens is 232 g/mol. The molecule has 19 heavy (non-hydrogen) atoms. The van der Waals surface area contributed by atoms with Gasteiger partial charge in [0.25, 0.3) is 0 Å². The van der Waals surface area contributed by atoms with Crippen LogP contribution in [0, 0.1) is 0 Å². The zero-order chi connectivity index (χ0) is 13.8. The summed E-state index contributed by atoms with van der Waals surface area (Å²) in [7, 11) is 0. The standard InChI is InChI=1S/C18H28O/c1-3-5-6-7-8-9-10-11-14-17-15-12-13-16-18(17)19-4-2/h3,12-13,15-16H,1,4-11,14H2,2H3. The molecule has 0 radical (unpaired) electrons. The van der Waals surface area contributed by atoms with Crippen molar-refractivity contribution in [2.24, 2.45) is 0 Å². The summed E-state index contributed by atoms with van der Waals surface area (Å²) in [4.78, 5) is 0. The van der Waals surface area contributed by atoms with Crippen LogP contribution in [-0.4, -0.2) is 6.61 Å². The number of aryl methyl sites for hydroxylation is 1. The number of rotatable bonds is 11. The van der Waals surface area contributed by atoms with Gasteiger partial charge in [-0.25, -0.2) is 0 Å². The summed E-state index contributed by atoms with van der Waals surface area (Å²) in [5, 5.41) is 0. The fourth-order valence-corrected chi connectivity index (χ4v) is 2.32. The molecule has 0 aromatic heterocycles. The zero-order valence-electron chi connectivity index (χ0n) is 12.4. The van der Waals surface area contributed by atoms with Gasteiger partial charge in [-0.1, -0.05) is 50.0 Å². The molecule has 0 fully saturated rings. The Morgan fingerprint density at radius 1 is 1.00 bits per heavy atom. The van der Waals surface area contributed by atoms with Crippen molar-refractivity contribution >= 4 is 0 Å². The third-order valence-electron chi connectivity index (χ3n) is 3.38. The molecule has 0 heterocycles. The first-order valence-electron chi connectivity index (χ1n) is 7.70. The number of unbranched alkanes of at least 4 members (excludes halogenated alkanes) is 6. The lowest BCUT2D eigenvalue weighted by molar-refractivity contribution is 0.336. The van der Waals surface area contributed by atoms with Gasteiger partial charge >= 0.3 is 0 Å². The summed E-state index contributed by atoms with van der Waals surface area (Å²) in [6, 6.07) is 8.42. The van der Waals surface area contributed by atoms with E-state index in [9.17, 15) is 0 Å². The van der Waals surface area contributed by atoms with E-state index in [2.05, 4.69) is 24.8 Å². The Hall–Kier alpha value is -1.24. The molecule has 0 aliphatic carbocycles. The van der Waals surface area contributed by atoms with Gasteiger partial charge in [0.1, 0.15) is 5.75 Å². The van der Waals surface area contributed by atoms with Gasteiger partial charge < -0.3 is 4.74 Å². The van der Waals surface area contributed by atoms with Gasteiger partial charge in [0, 0.05) is 0 Å². The van der Waals surface area contributed by atoms with Gasteiger partial charge in [0.15, 0.2) is 0 Å². The minimum Gasteiger partial charge on any atom is -0.494 e. The Kier molecular flexibility index (Phi) is 8.87. The molecule has 0 N–H and O–H groups in total. The second-order valence-electron chi connectivity index (χ2n) is 4.99. The number of hydrogen-bond donors (Lipinski definition) is 0. The Balaban J connectivity index is 2.13.